The van der Waals surface area contributed by atoms with Crippen LogP contribution in [0.25, 0.3) is 0 Å². The molecule has 5 nitrogen and oxygen atoms in total. The van der Waals surface area contributed by atoms with Gasteiger partial charge in [-0.1, -0.05) is 54.9 Å². The summed E-state index contributed by atoms with van der Waals surface area (Å²) in [5, 5.41) is 1.37. The summed E-state index contributed by atoms with van der Waals surface area (Å²) < 4.78 is 5.46. The zero-order valence-corrected chi connectivity index (χ0v) is 17.6. The van der Waals surface area contributed by atoms with Crippen molar-refractivity contribution in [2.45, 2.75) is 33.2 Å². The fourth-order valence-corrected chi connectivity index (χ4v) is 4.29. The molecule has 0 spiro atoms. The SMILES string of the molecule is CC1=C(C(=O)OCC(C)C)[C@@H](c2ccc(Cl)c(Cl)c2)N2C(=O)CCSC2=N1. The van der Waals surface area contributed by atoms with E-state index >= 15 is 0 Å². The topological polar surface area (TPSA) is 59.0 Å². The Balaban J connectivity index is 2.10. The summed E-state index contributed by atoms with van der Waals surface area (Å²) in [5.74, 6) is 0.324. The van der Waals surface area contributed by atoms with E-state index in [9.17, 15) is 9.59 Å². The van der Waals surface area contributed by atoms with Crippen molar-refractivity contribution in [2.75, 3.05) is 12.4 Å². The van der Waals surface area contributed by atoms with Gasteiger partial charge in [-0.2, -0.15) is 0 Å². The molecule has 27 heavy (non-hydrogen) atoms. The van der Waals surface area contributed by atoms with Crippen molar-refractivity contribution in [3.63, 3.8) is 0 Å². The lowest BCUT2D eigenvalue weighted by Gasteiger charge is -2.39. The van der Waals surface area contributed by atoms with Gasteiger partial charge in [0.25, 0.3) is 0 Å². The van der Waals surface area contributed by atoms with Gasteiger partial charge in [-0.3, -0.25) is 9.69 Å². The van der Waals surface area contributed by atoms with Gasteiger partial charge in [-0.05, 0) is 30.5 Å². The summed E-state index contributed by atoms with van der Waals surface area (Å²) in [4.78, 5) is 31.7. The lowest BCUT2D eigenvalue weighted by atomic mass is 9.94. The molecule has 3 rings (SSSR count). The fraction of sp³-hybridized carbons (Fsp3) is 0.421. The average Bonchev–Trinajstić information content (AvgIpc) is 2.61. The van der Waals surface area contributed by atoms with Gasteiger partial charge in [0.15, 0.2) is 5.17 Å². The molecule has 8 heteroatoms. The van der Waals surface area contributed by atoms with Crippen molar-refractivity contribution < 1.29 is 14.3 Å². The van der Waals surface area contributed by atoms with Crippen LogP contribution >= 0.6 is 35.0 Å². The third kappa shape index (κ3) is 4.18. The lowest BCUT2D eigenvalue weighted by molar-refractivity contribution is -0.141. The summed E-state index contributed by atoms with van der Waals surface area (Å²) in [6, 6.07) is 4.50. The Hall–Kier alpha value is -1.50. The summed E-state index contributed by atoms with van der Waals surface area (Å²) in [6.45, 7) is 5.99. The number of esters is 1. The molecule has 1 aromatic rings. The van der Waals surface area contributed by atoms with Crippen LogP contribution in [0.15, 0.2) is 34.5 Å². The van der Waals surface area contributed by atoms with Gasteiger partial charge in [-0.15, -0.1) is 0 Å². The van der Waals surface area contributed by atoms with Crippen LogP contribution in [0.2, 0.25) is 10.0 Å². The molecule has 0 aromatic heterocycles. The highest BCUT2D eigenvalue weighted by Crippen LogP contribution is 2.41. The molecule has 2 aliphatic rings. The molecule has 2 aliphatic heterocycles. The molecule has 0 saturated carbocycles. The Labute approximate surface area is 172 Å². The first-order chi connectivity index (χ1) is 12.8. The molecule has 0 radical (unpaired) electrons. The number of amides is 1. The smallest absolute Gasteiger partial charge is 0.338 e. The second kappa shape index (κ2) is 8.25. The maximum absolute atomic E-state index is 12.9. The van der Waals surface area contributed by atoms with Crippen molar-refractivity contribution in [3.8, 4) is 0 Å². The molecular weight excluding hydrogens is 407 g/mol. The van der Waals surface area contributed by atoms with Crippen molar-refractivity contribution >= 4 is 52.0 Å². The number of carbonyl (C=O) groups excluding carboxylic acids is 2. The van der Waals surface area contributed by atoms with E-state index in [0.717, 1.165) is 0 Å². The van der Waals surface area contributed by atoms with E-state index in [4.69, 9.17) is 27.9 Å². The lowest BCUT2D eigenvalue weighted by Crippen LogP contribution is -2.45. The first-order valence-corrected chi connectivity index (χ1v) is 10.4. The van der Waals surface area contributed by atoms with E-state index < -0.39 is 12.0 Å². The van der Waals surface area contributed by atoms with Crippen molar-refractivity contribution in [1.82, 2.24) is 4.90 Å². The number of allylic oxidation sites excluding steroid dienone is 1. The van der Waals surface area contributed by atoms with Crippen LogP contribution in [0.5, 0.6) is 0 Å². The highest BCUT2D eigenvalue weighted by molar-refractivity contribution is 8.14. The molecule has 1 saturated heterocycles. The van der Waals surface area contributed by atoms with Crippen LogP contribution in [0, 0.1) is 5.92 Å². The van der Waals surface area contributed by atoms with Crippen LogP contribution in [0.4, 0.5) is 0 Å². The van der Waals surface area contributed by atoms with E-state index in [1.807, 2.05) is 13.8 Å². The van der Waals surface area contributed by atoms with Crippen LogP contribution in [0.1, 0.15) is 38.8 Å². The highest BCUT2D eigenvalue weighted by atomic mass is 35.5. The third-order valence-corrected chi connectivity index (χ3v) is 5.93. The molecule has 0 bridgehead atoms. The molecule has 1 aromatic carbocycles. The number of amidine groups is 1. The number of halogens is 2. The highest BCUT2D eigenvalue weighted by Gasteiger charge is 2.41. The number of aliphatic imine (C=N–C) groups is 1. The van der Waals surface area contributed by atoms with Gasteiger partial charge >= 0.3 is 5.97 Å². The minimum atomic E-state index is -0.632. The number of ether oxygens (including phenoxy) is 1. The Bertz CT molecular complexity index is 851. The van der Waals surface area contributed by atoms with E-state index in [2.05, 4.69) is 4.99 Å². The van der Waals surface area contributed by atoms with E-state index in [1.165, 1.54) is 11.8 Å². The predicted molar refractivity (Wildman–Crippen MR) is 109 cm³/mol. The summed E-state index contributed by atoms with van der Waals surface area (Å²) in [5.41, 5.74) is 1.60. The maximum Gasteiger partial charge on any atom is 0.338 e. The Kier molecular flexibility index (Phi) is 6.18. The molecule has 1 fully saturated rings. The van der Waals surface area contributed by atoms with Gasteiger partial charge in [0, 0.05) is 12.2 Å². The molecule has 1 amide bonds. The number of fused-ring (bicyclic) bond motifs is 1. The largest absolute Gasteiger partial charge is 0.462 e. The van der Waals surface area contributed by atoms with Gasteiger partial charge < -0.3 is 4.74 Å². The first-order valence-electron chi connectivity index (χ1n) is 8.66. The molecule has 2 heterocycles. The summed E-state index contributed by atoms with van der Waals surface area (Å²) in [7, 11) is 0. The summed E-state index contributed by atoms with van der Waals surface area (Å²) in [6.07, 6.45) is 0.384. The number of benzene rings is 1. The molecule has 0 aliphatic carbocycles. The zero-order chi connectivity index (χ0) is 19.7. The molecule has 0 unspecified atom stereocenters. The Morgan fingerprint density at radius 2 is 2.11 bits per heavy atom. The number of nitrogens with zero attached hydrogens (tertiary/aromatic N) is 2. The molecular formula is C19H20Cl2N2O3S. The maximum atomic E-state index is 12.9. The van der Waals surface area contributed by atoms with Gasteiger partial charge in [0.05, 0.1) is 34.0 Å². The van der Waals surface area contributed by atoms with E-state index in [-0.39, 0.29) is 11.8 Å². The minimum Gasteiger partial charge on any atom is -0.462 e. The normalized spacial score (nSPS) is 19.9. The van der Waals surface area contributed by atoms with Crippen LogP contribution in [-0.2, 0) is 14.3 Å². The Morgan fingerprint density at radius 3 is 2.78 bits per heavy atom. The number of carbonyl (C=O) groups is 2. The van der Waals surface area contributed by atoms with Gasteiger partial charge in [-0.25, -0.2) is 9.79 Å². The number of rotatable bonds is 4. The molecule has 144 valence electrons. The first kappa shape index (κ1) is 20.2. The third-order valence-electron chi connectivity index (χ3n) is 4.23. The Morgan fingerprint density at radius 1 is 1.37 bits per heavy atom. The standard InChI is InChI=1S/C19H20Cl2N2O3S/c1-10(2)9-26-18(25)16-11(3)22-19-23(15(24)6-7-27-19)17(16)12-4-5-13(20)14(21)8-12/h4-5,8,10,17H,6-7,9H2,1-3H3/t17-/m1/s1. The molecule has 0 N–H and O–H groups in total. The monoisotopic (exact) mass is 426 g/mol. The predicted octanol–water partition coefficient (Wildman–Crippen LogP) is 4.84. The van der Waals surface area contributed by atoms with Crippen LogP contribution in [0.3, 0.4) is 0 Å². The van der Waals surface area contributed by atoms with E-state index in [1.54, 1.807) is 30.0 Å². The van der Waals surface area contributed by atoms with Gasteiger partial charge in [0.1, 0.15) is 0 Å². The van der Waals surface area contributed by atoms with Crippen molar-refractivity contribution in [3.05, 3.63) is 45.1 Å². The fourth-order valence-electron chi connectivity index (χ4n) is 2.98. The van der Waals surface area contributed by atoms with E-state index in [0.29, 0.717) is 50.8 Å². The number of hydrogen-bond donors (Lipinski definition) is 0. The van der Waals surface area contributed by atoms with Crippen molar-refractivity contribution in [2.24, 2.45) is 10.9 Å². The average molecular weight is 427 g/mol. The second-order valence-electron chi connectivity index (χ2n) is 6.82. The zero-order valence-electron chi connectivity index (χ0n) is 15.3. The van der Waals surface area contributed by atoms with Crippen LogP contribution < -0.4 is 0 Å². The van der Waals surface area contributed by atoms with Crippen molar-refractivity contribution in [1.29, 1.82) is 0 Å². The number of thioether (sulfide) groups is 1. The number of hydrogen-bond acceptors (Lipinski definition) is 5. The summed E-state index contributed by atoms with van der Waals surface area (Å²) >= 11 is 13.8. The second-order valence-corrected chi connectivity index (χ2v) is 8.70. The molecule has 1 atom stereocenters. The van der Waals surface area contributed by atoms with Gasteiger partial charge in [0.2, 0.25) is 5.91 Å². The minimum absolute atomic E-state index is 0.0785. The quantitative estimate of drug-likeness (QED) is 0.645. The van der Waals surface area contributed by atoms with Crippen LogP contribution in [-0.4, -0.2) is 34.3 Å².